The molecule has 58 valence electrons. The molecule has 0 aliphatic carbocycles. The highest BCUT2D eigenvalue weighted by Gasteiger charge is 2.06. The lowest BCUT2D eigenvalue weighted by Gasteiger charge is -1.99. The van der Waals surface area contributed by atoms with Crippen LogP contribution in [0.15, 0.2) is 6.07 Å². The summed E-state index contributed by atoms with van der Waals surface area (Å²) >= 11 is 7.25. The Hall–Kier alpha value is 1.15. The highest BCUT2D eigenvalue weighted by Crippen LogP contribution is 2.24. The Morgan fingerprint density at radius 3 is 2.40 bits per heavy atom. The van der Waals surface area contributed by atoms with E-state index in [1.54, 1.807) is 0 Å². The largest absolute Gasteiger partial charge is 0.352 e. The van der Waals surface area contributed by atoms with Crippen molar-refractivity contribution in [3.8, 4) is 0 Å². The maximum atomic E-state index is 11.0. The van der Waals surface area contributed by atoms with Crippen LogP contribution in [-0.4, -0.2) is 12.5 Å². The van der Waals surface area contributed by atoms with Gasteiger partial charge in [-0.3, -0.25) is 4.79 Å². The molecular formula is C5H6BrI2NO. The fourth-order valence-corrected chi connectivity index (χ4v) is 0.940. The summed E-state index contributed by atoms with van der Waals surface area (Å²) in [5.74, 6) is -0.0237. The lowest BCUT2D eigenvalue weighted by molar-refractivity contribution is -0.116. The molecule has 5 heteroatoms. The zero-order valence-corrected chi connectivity index (χ0v) is 11.2. The zero-order valence-electron chi connectivity index (χ0n) is 5.25. The molecule has 0 unspecified atom stereocenters. The number of likely N-dealkylation sites (N-methyl/N-ethyl adjacent to an activating group) is 1. The molecule has 10 heavy (non-hydrogen) atoms. The SMILES string of the molecule is CCNC(=O)C(I)=C(Br)I. The van der Waals surface area contributed by atoms with E-state index in [4.69, 9.17) is 0 Å². The van der Waals surface area contributed by atoms with Crippen molar-refractivity contribution in [2.24, 2.45) is 0 Å². The van der Waals surface area contributed by atoms with Crippen molar-refractivity contribution >= 4 is 67.0 Å². The van der Waals surface area contributed by atoms with Crippen molar-refractivity contribution in [2.45, 2.75) is 6.92 Å². The molecular weight excluding hydrogens is 424 g/mol. The Morgan fingerprint density at radius 1 is 1.60 bits per heavy atom. The quantitative estimate of drug-likeness (QED) is 0.530. The summed E-state index contributed by atoms with van der Waals surface area (Å²) in [4.78, 5) is 11.0. The predicted molar refractivity (Wildman–Crippen MR) is 62.7 cm³/mol. The standard InChI is InChI=1S/C5H6BrI2NO/c1-2-9-5(10)3(7)4(6)8/h2H2,1H3,(H,9,10). The lowest BCUT2D eigenvalue weighted by Crippen LogP contribution is -2.22. The molecule has 0 radical (unpaired) electrons. The first-order valence-corrected chi connectivity index (χ1v) is 5.53. The molecule has 0 atom stereocenters. The summed E-state index contributed by atoms with van der Waals surface area (Å²) in [6.45, 7) is 2.56. The van der Waals surface area contributed by atoms with E-state index in [-0.39, 0.29) is 5.91 Å². The van der Waals surface area contributed by atoms with Crippen molar-refractivity contribution in [1.29, 1.82) is 0 Å². The molecule has 0 spiro atoms. The minimum atomic E-state index is -0.0237. The van der Waals surface area contributed by atoms with Gasteiger partial charge in [0.25, 0.3) is 5.91 Å². The Bertz CT molecular complexity index is 165. The van der Waals surface area contributed by atoms with E-state index in [1.807, 2.05) is 29.5 Å². The van der Waals surface area contributed by atoms with Gasteiger partial charge in [0.05, 0.1) is 6.07 Å². The second kappa shape index (κ2) is 5.76. The van der Waals surface area contributed by atoms with Gasteiger partial charge in [-0.2, -0.15) is 0 Å². The number of halogens is 3. The number of hydrogen-bond acceptors (Lipinski definition) is 1. The molecule has 0 aromatic rings. The van der Waals surface area contributed by atoms with Crippen LogP contribution in [0.3, 0.4) is 0 Å². The van der Waals surface area contributed by atoms with Crippen LogP contribution in [0.2, 0.25) is 0 Å². The first-order chi connectivity index (χ1) is 4.59. The van der Waals surface area contributed by atoms with Gasteiger partial charge in [0.15, 0.2) is 0 Å². The number of rotatable bonds is 2. The Kier molecular flexibility index (Phi) is 6.42. The smallest absolute Gasteiger partial charge is 0.259 e. The summed E-state index contributed by atoms with van der Waals surface area (Å²) in [6, 6.07) is 0. The van der Waals surface area contributed by atoms with Crippen molar-refractivity contribution in [2.75, 3.05) is 6.54 Å². The fourth-order valence-electron chi connectivity index (χ4n) is 0.324. The third-order valence-electron chi connectivity index (χ3n) is 0.703. The van der Waals surface area contributed by atoms with Gasteiger partial charge in [-0.05, 0) is 68.0 Å². The lowest BCUT2D eigenvalue weighted by atomic mass is 10.6. The maximum absolute atomic E-state index is 11.0. The van der Waals surface area contributed by atoms with Crippen LogP contribution in [0.25, 0.3) is 0 Å². The van der Waals surface area contributed by atoms with Gasteiger partial charge in [0.2, 0.25) is 0 Å². The molecule has 0 bridgehead atoms. The average molecular weight is 430 g/mol. The van der Waals surface area contributed by atoms with E-state index >= 15 is 0 Å². The summed E-state index contributed by atoms with van der Waals surface area (Å²) in [5.41, 5.74) is 0. The fraction of sp³-hybridized carbons (Fsp3) is 0.400. The molecule has 0 aromatic heterocycles. The molecule has 0 aliphatic heterocycles. The van der Waals surface area contributed by atoms with Crippen LogP contribution >= 0.6 is 61.1 Å². The number of carbonyl (C=O) groups is 1. The topological polar surface area (TPSA) is 29.1 Å². The van der Waals surface area contributed by atoms with Crippen molar-refractivity contribution in [1.82, 2.24) is 5.32 Å². The monoisotopic (exact) mass is 429 g/mol. The molecule has 0 rings (SSSR count). The number of amides is 1. The van der Waals surface area contributed by atoms with Gasteiger partial charge in [-0.25, -0.2) is 0 Å². The van der Waals surface area contributed by atoms with Gasteiger partial charge in [0, 0.05) is 6.54 Å². The minimum absolute atomic E-state index is 0.0237. The predicted octanol–water partition coefficient (Wildman–Crippen LogP) is 2.56. The molecule has 0 fully saturated rings. The Morgan fingerprint density at radius 2 is 2.10 bits per heavy atom. The van der Waals surface area contributed by atoms with E-state index in [2.05, 4.69) is 43.8 Å². The Balaban J connectivity index is 4.09. The maximum Gasteiger partial charge on any atom is 0.259 e. The van der Waals surface area contributed by atoms with Gasteiger partial charge in [0.1, 0.15) is 0 Å². The van der Waals surface area contributed by atoms with Gasteiger partial charge in [-0.15, -0.1) is 0 Å². The third-order valence-corrected chi connectivity index (χ3v) is 4.44. The molecule has 2 nitrogen and oxygen atoms in total. The second-order valence-electron chi connectivity index (χ2n) is 1.43. The van der Waals surface area contributed by atoms with Crippen molar-refractivity contribution in [3.05, 3.63) is 6.07 Å². The van der Waals surface area contributed by atoms with Crippen molar-refractivity contribution in [3.63, 3.8) is 0 Å². The minimum Gasteiger partial charge on any atom is -0.352 e. The summed E-state index contributed by atoms with van der Waals surface area (Å²) in [7, 11) is 0. The van der Waals surface area contributed by atoms with Crippen LogP contribution in [-0.2, 0) is 4.79 Å². The van der Waals surface area contributed by atoms with E-state index < -0.39 is 0 Å². The molecule has 0 aliphatic rings. The van der Waals surface area contributed by atoms with Crippen LogP contribution in [0.4, 0.5) is 0 Å². The highest BCUT2D eigenvalue weighted by molar-refractivity contribution is 14.1. The first kappa shape index (κ1) is 11.2. The summed E-state index contributed by atoms with van der Waals surface area (Å²) in [6.07, 6.45) is 0. The summed E-state index contributed by atoms with van der Waals surface area (Å²) in [5, 5.41) is 2.69. The average Bonchev–Trinajstić information content (AvgIpc) is 1.87. The molecule has 0 saturated carbocycles. The van der Waals surface area contributed by atoms with E-state index in [0.717, 1.165) is 2.49 Å². The van der Waals surface area contributed by atoms with Crippen molar-refractivity contribution < 1.29 is 4.79 Å². The van der Waals surface area contributed by atoms with Crippen LogP contribution in [0, 0.1) is 0 Å². The van der Waals surface area contributed by atoms with Crippen LogP contribution < -0.4 is 5.32 Å². The summed E-state index contributed by atoms with van der Waals surface area (Å²) < 4.78 is 1.54. The second-order valence-corrected chi connectivity index (χ2v) is 5.87. The first-order valence-electron chi connectivity index (χ1n) is 2.58. The highest BCUT2D eigenvalue weighted by atomic mass is 127. The molecule has 1 N–H and O–H groups in total. The zero-order chi connectivity index (χ0) is 8.15. The van der Waals surface area contributed by atoms with Gasteiger partial charge in [-0.1, -0.05) is 0 Å². The van der Waals surface area contributed by atoms with E-state index in [0.29, 0.717) is 10.1 Å². The normalized spacial score (nSPS) is 12.4. The van der Waals surface area contributed by atoms with Gasteiger partial charge >= 0.3 is 0 Å². The molecule has 0 aromatic carbocycles. The number of nitrogens with one attached hydrogen (secondary N) is 1. The molecule has 0 saturated heterocycles. The third kappa shape index (κ3) is 4.12. The number of hydrogen-bond donors (Lipinski definition) is 1. The van der Waals surface area contributed by atoms with Crippen LogP contribution in [0.1, 0.15) is 6.92 Å². The van der Waals surface area contributed by atoms with Crippen LogP contribution in [0.5, 0.6) is 0 Å². The van der Waals surface area contributed by atoms with Gasteiger partial charge < -0.3 is 5.32 Å². The van der Waals surface area contributed by atoms with E-state index in [9.17, 15) is 4.79 Å². The number of carbonyl (C=O) groups excluding carboxylic acids is 1. The Labute approximate surface area is 95.6 Å². The molecule has 1 amide bonds. The molecule has 0 heterocycles. The van der Waals surface area contributed by atoms with E-state index in [1.165, 1.54) is 0 Å².